The second kappa shape index (κ2) is 7.23. The van der Waals surface area contributed by atoms with Crippen LogP contribution in [0.15, 0.2) is 22.6 Å². The van der Waals surface area contributed by atoms with Gasteiger partial charge in [-0.1, -0.05) is 0 Å². The first-order valence-corrected chi connectivity index (χ1v) is 8.29. The van der Waals surface area contributed by atoms with E-state index in [0.717, 1.165) is 5.76 Å². The molecule has 142 valence electrons. The van der Waals surface area contributed by atoms with Crippen LogP contribution in [0, 0.1) is 6.92 Å². The molecule has 1 aliphatic rings. The number of alkyl carbamates (subject to hydrolysis) is 1. The van der Waals surface area contributed by atoms with Crippen LogP contribution in [0.25, 0.3) is 6.08 Å². The lowest BCUT2D eigenvalue weighted by molar-refractivity contribution is -0.144. The van der Waals surface area contributed by atoms with Crippen LogP contribution in [-0.4, -0.2) is 52.2 Å². The van der Waals surface area contributed by atoms with Crippen LogP contribution in [0.4, 0.5) is 4.79 Å². The maximum atomic E-state index is 12.3. The number of ether oxygens (including phenoxy) is 1. The van der Waals surface area contributed by atoms with Crippen molar-refractivity contribution in [3.63, 3.8) is 0 Å². The van der Waals surface area contributed by atoms with Crippen LogP contribution in [-0.2, 0) is 14.3 Å². The summed E-state index contributed by atoms with van der Waals surface area (Å²) in [6.07, 6.45) is 2.12. The highest BCUT2D eigenvalue weighted by Crippen LogP contribution is 2.23. The predicted octanol–water partition coefficient (Wildman–Crippen LogP) is 2.18. The number of amides is 2. The van der Waals surface area contributed by atoms with Crippen molar-refractivity contribution in [3.05, 3.63) is 29.7 Å². The molecule has 1 unspecified atom stereocenters. The summed E-state index contributed by atoms with van der Waals surface area (Å²) in [6.45, 7) is 6.93. The Balaban J connectivity index is 2.04. The molecule has 0 bridgehead atoms. The number of aliphatic carboxylic acids is 1. The maximum absolute atomic E-state index is 12.3. The van der Waals surface area contributed by atoms with Gasteiger partial charge >= 0.3 is 12.1 Å². The molecule has 8 heteroatoms. The lowest BCUT2D eigenvalue weighted by Gasteiger charge is -2.28. The van der Waals surface area contributed by atoms with Crippen molar-refractivity contribution in [2.45, 2.75) is 45.3 Å². The van der Waals surface area contributed by atoms with Gasteiger partial charge in [0.2, 0.25) is 5.91 Å². The van der Waals surface area contributed by atoms with Crippen molar-refractivity contribution in [1.82, 2.24) is 10.2 Å². The Bertz CT molecular complexity index is 730. The molecule has 0 spiro atoms. The molecule has 26 heavy (non-hydrogen) atoms. The molecule has 1 atom stereocenters. The number of likely N-dealkylation sites (tertiary alicyclic amines) is 1. The first-order valence-electron chi connectivity index (χ1n) is 8.29. The molecule has 0 radical (unpaired) electrons. The molecule has 1 saturated heterocycles. The van der Waals surface area contributed by atoms with E-state index in [1.165, 1.54) is 17.1 Å². The smallest absolute Gasteiger partial charge is 0.408 e. The van der Waals surface area contributed by atoms with Crippen LogP contribution in [0.2, 0.25) is 0 Å². The molecule has 0 aromatic carbocycles. The van der Waals surface area contributed by atoms with Gasteiger partial charge in [-0.05, 0) is 45.9 Å². The minimum atomic E-state index is -1.56. The highest BCUT2D eigenvalue weighted by molar-refractivity contribution is 5.93. The molecule has 1 fully saturated rings. The Morgan fingerprint density at radius 3 is 2.58 bits per heavy atom. The van der Waals surface area contributed by atoms with Crippen LogP contribution in [0.1, 0.15) is 38.7 Å². The summed E-state index contributed by atoms with van der Waals surface area (Å²) in [6, 6.07) is 3.51. The second-order valence-corrected chi connectivity index (χ2v) is 7.31. The first-order chi connectivity index (χ1) is 12.0. The van der Waals surface area contributed by atoms with Crippen LogP contribution in [0.3, 0.4) is 0 Å². The van der Waals surface area contributed by atoms with Crippen molar-refractivity contribution in [2.24, 2.45) is 0 Å². The third-order valence-corrected chi connectivity index (χ3v) is 3.88. The third-order valence-electron chi connectivity index (χ3n) is 3.88. The number of carboxylic acid groups (broad SMARTS) is 1. The largest absolute Gasteiger partial charge is 0.479 e. The summed E-state index contributed by atoms with van der Waals surface area (Å²) in [5, 5.41) is 12.0. The molecule has 2 heterocycles. The van der Waals surface area contributed by atoms with Gasteiger partial charge < -0.3 is 24.5 Å². The summed E-state index contributed by atoms with van der Waals surface area (Å²) in [5.41, 5.74) is -2.31. The molecular weight excluding hydrogens is 340 g/mol. The van der Waals surface area contributed by atoms with Gasteiger partial charge in [0.1, 0.15) is 17.1 Å². The van der Waals surface area contributed by atoms with E-state index >= 15 is 0 Å². The van der Waals surface area contributed by atoms with Crippen LogP contribution < -0.4 is 5.32 Å². The topological polar surface area (TPSA) is 109 Å². The number of hydrogen-bond acceptors (Lipinski definition) is 5. The Morgan fingerprint density at radius 2 is 2.04 bits per heavy atom. The van der Waals surface area contributed by atoms with Gasteiger partial charge in [0.25, 0.3) is 0 Å². The van der Waals surface area contributed by atoms with Gasteiger partial charge in [0.05, 0.1) is 6.54 Å². The SMILES string of the molecule is Cc1ccc(/C=C/C(=O)N2CCC(NC(=O)OC(C)(C)C)(C(=O)O)C2)o1. The zero-order valence-corrected chi connectivity index (χ0v) is 15.4. The van der Waals surface area contributed by atoms with E-state index in [-0.39, 0.29) is 25.4 Å². The van der Waals surface area contributed by atoms with Crippen molar-refractivity contribution in [3.8, 4) is 0 Å². The monoisotopic (exact) mass is 364 g/mol. The standard InChI is InChI=1S/C18H24N2O6/c1-12-5-6-13(25-12)7-8-14(21)20-10-9-18(11-20,15(22)23)19-16(24)26-17(2,3)4/h5-8H,9-11H2,1-4H3,(H,19,24)(H,22,23)/b8-7+. The lowest BCUT2D eigenvalue weighted by Crippen LogP contribution is -2.57. The van der Waals surface area contributed by atoms with E-state index in [0.29, 0.717) is 5.76 Å². The Morgan fingerprint density at radius 1 is 1.35 bits per heavy atom. The van der Waals surface area contributed by atoms with E-state index in [9.17, 15) is 19.5 Å². The van der Waals surface area contributed by atoms with E-state index in [1.807, 2.05) is 0 Å². The third kappa shape index (κ3) is 4.87. The number of rotatable bonds is 4. The number of carboxylic acids is 1. The Hall–Kier alpha value is -2.77. The minimum Gasteiger partial charge on any atom is -0.479 e. The van der Waals surface area contributed by atoms with E-state index in [1.54, 1.807) is 39.8 Å². The number of furan rings is 1. The van der Waals surface area contributed by atoms with E-state index < -0.39 is 23.2 Å². The van der Waals surface area contributed by atoms with E-state index in [2.05, 4.69) is 5.32 Å². The van der Waals surface area contributed by atoms with Crippen molar-refractivity contribution >= 4 is 24.0 Å². The summed E-state index contributed by atoms with van der Waals surface area (Å²) in [5.74, 6) is -0.298. The minimum absolute atomic E-state index is 0.0982. The summed E-state index contributed by atoms with van der Waals surface area (Å²) >= 11 is 0. The first kappa shape index (κ1) is 19.6. The number of aryl methyl sites for hydroxylation is 1. The summed E-state index contributed by atoms with van der Waals surface area (Å²) in [4.78, 5) is 37.4. The number of hydrogen-bond donors (Lipinski definition) is 2. The summed E-state index contributed by atoms with van der Waals surface area (Å²) < 4.78 is 10.5. The van der Waals surface area contributed by atoms with Crippen molar-refractivity contribution < 1.29 is 28.6 Å². The summed E-state index contributed by atoms with van der Waals surface area (Å²) in [7, 11) is 0. The van der Waals surface area contributed by atoms with Gasteiger partial charge in [-0.2, -0.15) is 0 Å². The normalized spacial score (nSPS) is 20.4. The lowest BCUT2D eigenvalue weighted by atomic mass is 9.99. The molecule has 1 aromatic heterocycles. The Labute approximate surface area is 151 Å². The zero-order chi connectivity index (χ0) is 19.5. The fourth-order valence-corrected chi connectivity index (χ4v) is 2.63. The molecule has 0 aliphatic carbocycles. The quantitative estimate of drug-likeness (QED) is 0.793. The number of nitrogens with one attached hydrogen (secondary N) is 1. The molecule has 1 aromatic rings. The fraction of sp³-hybridized carbons (Fsp3) is 0.500. The zero-order valence-electron chi connectivity index (χ0n) is 15.4. The number of carbonyl (C=O) groups excluding carboxylic acids is 2. The highest BCUT2D eigenvalue weighted by Gasteiger charge is 2.48. The van der Waals surface area contributed by atoms with Gasteiger partial charge in [-0.15, -0.1) is 0 Å². The number of carbonyl (C=O) groups is 3. The van der Waals surface area contributed by atoms with E-state index in [4.69, 9.17) is 9.15 Å². The van der Waals surface area contributed by atoms with Crippen molar-refractivity contribution in [1.29, 1.82) is 0 Å². The highest BCUT2D eigenvalue weighted by atomic mass is 16.6. The van der Waals surface area contributed by atoms with Crippen molar-refractivity contribution in [2.75, 3.05) is 13.1 Å². The number of nitrogens with zero attached hydrogens (tertiary/aromatic N) is 1. The molecule has 2 N–H and O–H groups in total. The van der Waals surface area contributed by atoms with Gasteiger partial charge in [0.15, 0.2) is 5.54 Å². The second-order valence-electron chi connectivity index (χ2n) is 7.31. The average molecular weight is 364 g/mol. The molecular formula is C18H24N2O6. The molecule has 0 saturated carbocycles. The molecule has 2 amide bonds. The maximum Gasteiger partial charge on any atom is 0.408 e. The fourth-order valence-electron chi connectivity index (χ4n) is 2.63. The molecule has 2 rings (SSSR count). The van der Waals surface area contributed by atoms with Crippen LogP contribution in [0.5, 0.6) is 0 Å². The molecule has 1 aliphatic heterocycles. The average Bonchev–Trinajstić information content (AvgIpc) is 3.10. The van der Waals surface area contributed by atoms with Crippen LogP contribution >= 0.6 is 0 Å². The predicted molar refractivity (Wildman–Crippen MR) is 93.4 cm³/mol. The van der Waals surface area contributed by atoms with Gasteiger partial charge in [-0.3, -0.25) is 4.79 Å². The van der Waals surface area contributed by atoms with Gasteiger partial charge in [-0.25, -0.2) is 9.59 Å². The Kier molecular flexibility index (Phi) is 5.44. The van der Waals surface area contributed by atoms with Gasteiger partial charge in [0, 0.05) is 19.0 Å². The molecule has 8 nitrogen and oxygen atoms in total.